The number of methoxy groups -OCH3 is 1. The van der Waals surface area contributed by atoms with E-state index < -0.39 is 0 Å². The van der Waals surface area contributed by atoms with E-state index in [0.717, 1.165) is 48.4 Å². The van der Waals surface area contributed by atoms with Crippen molar-refractivity contribution in [3.8, 4) is 5.75 Å². The molecule has 7 heteroatoms. The fourth-order valence-electron chi connectivity index (χ4n) is 3.99. The average Bonchev–Trinajstić information content (AvgIpc) is 3.01. The van der Waals surface area contributed by atoms with Gasteiger partial charge in [-0.3, -0.25) is 4.90 Å². The summed E-state index contributed by atoms with van der Waals surface area (Å²) < 4.78 is 7.28. The average molecular weight is 420 g/mol. The second kappa shape index (κ2) is 9.20. The summed E-state index contributed by atoms with van der Waals surface area (Å²) in [5.74, 6) is 2.37. The standard InChI is InChI=1S/C24H29N5O2/c1-17-11-12-21(18(2)14-17)28(24(30)25-19-8-7-9-20(15-19)31-3)16-22-26-23-10-5-4-6-13-29(23)27-22/h7-9,11-12,14-15H,4-6,10,13,16H2,1-3H3,(H,25,30). The lowest BCUT2D eigenvalue weighted by Gasteiger charge is -2.24. The summed E-state index contributed by atoms with van der Waals surface area (Å²) in [6.07, 6.45) is 4.40. The van der Waals surface area contributed by atoms with Crippen LogP contribution in [0, 0.1) is 13.8 Å². The number of carbonyl (C=O) groups excluding carboxylic acids is 1. The summed E-state index contributed by atoms with van der Waals surface area (Å²) in [5.41, 5.74) is 3.70. The van der Waals surface area contributed by atoms with E-state index in [2.05, 4.69) is 11.4 Å². The zero-order chi connectivity index (χ0) is 21.8. The smallest absolute Gasteiger partial charge is 0.326 e. The predicted octanol–water partition coefficient (Wildman–Crippen LogP) is 4.87. The van der Waals surface area contributed by atoms with Gasteiger partial charge in [0.2, 0.25) is 0 Å². The minimum Gasteiger partial charge on any atom is -0.497 e. The maximum atomic E-state index is 13.4. The second-order valence-electron chi connectivity index (χ2n) is 8.02. The van der Waals surface area contributed by atoms with Crippen molar-refractivity contribution >= 4 is 17.4 Å². The summed E-state index contributed by atoms with van der Waals surface area (Å²) in [4.78, 5) is 19.8. The van der Waals surface area contributed by atoms with Gasteiger partial charge < -0.3 is 10.1 Å². The number of hydrogen-bond acceptors (Lipinski definition) is 4. The molecule has 7 nitrogen and oxygen atoms in total. The zero-order valence-electron chi connectivity index (χ0n) is 18.4. The molecule has 0 saturated carbocycles. The Morgan fingerprint density at radius 3 is 2.84 bits per heavy atom. The highest BCUT2D eigenvalue weighted by Crippen LogP contribution is 2.25. The van der Waals surface area contributed by atoms with Crippen LogP contribution in [0.25, 0.3) is 0 Å². The molecule has 0 bridgehead atoms. The van der Waals surface area contributed by atoms with Crippen molar-refractivity contribution in [2.75, 3.05) is 17.3 Å². The topological polar surface area (TPSA) is 72.3 Å². The van der Waals surface area contributed by atoms with Crippen LogP contribution >= 0.6 is 0 Å². The van der Waals surface area contributed by atoms with Gasteiger partial charge in [-0.05, 0) is 50.5 Å². The summed E-state index contributed by atoms with van der Waals surface area (Å²) in [6.45, 7) is 5.26. The number of amides is 2. The molecule has 2 aromatic carbocycles. The molecule has 0 unspecified atom stereocenters. The molecule has 0 spiro atoms. The van der Waals surface area contributed by atoms with Crippen LogP contribution < -0.4 is 15.0 Å². The third-order valence-electron chi connectivity index (χ3n) is 5.57. The van der Waals surface area contributed by atoms with Crippen LogP contribution in [-0.4, -0.2) is 27.9 Å². The first kappa shape index (κ1) is 20.9. The maximum Gasteiger partial charge on any atom is 0.326 e. The predicted molar refractivity (Wildman–Crippen MR) is 122 cm³/mol. The van der Waals surface area contributed by atoms with Crippen LogP contribution in [-0.2, 0) is 19.5 Å². The number of hydrogen-bond donors (Lipinski definition) is 1. The summed E-state index contributed by atoms with van der Waals surface area (Å²) in [6, 6.07) is 13.2. The Kier molecular flexibility index (Phi) is 6.21. The van der Waals surface area contributed by atoms with Crippen LogP contribution in [0.3, 0.4) is 0 Å². The Morgan fingerprint density at radius 1 is 1.16 bits per heavy atom. The number of fused-ring (bicyclic) bond motifs is 1. The van der Waals surface area contributed by atoms with Crippen molar-refractivity contribution in [2.24, 2.45) is 0 Å². The molecule has 1 N–H and O–H groups in total. The van der Waals surface area contributed by atoms with Crippen molar-refractivity contribution in [2.45, 2.75) is 52.6 Å². The Morgan fingerprint density at radius 2 is 2.03 bits per heavy atom. The van der Waals surface area contributed by atoms with Gasteiger partial charge in [0.05, 0.1) is 13.7 Å². The van der Waals surface area contributed by atoms with E-state index in [4.69, 9.17) is 14.8 Å². The molecule has 4 rings (SSSR count). The number of nitrogens with zero attached hydrogens (tertiary/aromatic N) is 4. The molecule has 0 atom stereocenters. The number of anilines is 2. The molecule has 0 radical (unpaired) electrons. The van der Waals surface area contributed by atoms with Crippen molar-refractivity contribution in [1.82, 2.24) is 14.8 Å². The molecular formula is C24H29N5O2. The van der Waals surface area contributed by atoms with Crippen molar-refractivity contribution in [3.63, 3.8) is 0 Å². The number of ether oxygens (including phenoxy) is 1. The normalized spacial score (nSPS) is 13.3. The minimum absolute atomic E-state index is 0.231. The van der Waals surface area contributed by atoms with E-state index in [1.807, 2.05) is 48.9 Å². The maximum absolute atomic E-state index is 13.4. The number of aromatic nitrogens is 3. The fourth-order valence-corrected chi connectivity index (χ4v) is 3.99. The molecule has 0 fully saturated rings. The van der Waals surface area contributed by atoms with Crippen LogP contribution in [0.1, 0.15) is 42.0 Å². The lowest BCUT2D eigenvalue weighted by atomic mass is 10.1. The monoisotopic (exact) mass is 419 g/mol. The Balaban J connectivity index is 1.63. The molecule has 1 aliphatic rings. The van der Waals surface area contributed by atoms with Gasteiger partial charge >= 0.3 is 6.03 Å². The molecule has 0 saturated heterocycles. The number of urea groups is 1. The third kappa shape index (κ3) is 4.87. The molecule has 1 aliphatic heterocycles. The summed E-state index contributed by atoms with van der Waals surface area (Å²) in [7, 11) is 1.61. The van der Waals surface area contributed by atoms with E-state index in [0.29, 0.717) is 23.8 Å². The van der Waals surface area contributed by atoms with Gasteiger partial charge in [-0.15, -0.1) is 0 Å². The highest BCUT2D eigenvalue weighted by atomic mass is 16.5. The molecule has 2 amide bonds. The highest BCUT2D eigenvalue weighted by molar-refractivity contribution is 6.02. The second-order valence-corrected chi connectivity index (χ2v) is 8.02. The number of aryl methyl sites for hydroxylation is 4. The molecule has 31 heavy (non-hydrogen) atoms. The van der Waals surface area contributed by atoms with Crippen molar-refractivity contribution < 1.29 is 9.53 Å². The van der Waals surface area contributed by atoms with Gasteiger partial charge in [0.15, 0.2) is 5.82 Å². The molecular weight excluding hydrogens is 390 g/mol. The lowest BCUT2D eigenvalue weighted by molar-refractivity contribution is 0.256. The Hall–Kier alpha value is -3.35. The van der Waals surface area contributed by atoms with Gasteiger partial charge in [0.25, 0.3) is 0 Å². The van der Waals surface area contributed by atoms with E-state index in [9.17, 15) is 4.79 Å². The van der Waals surface area contributed by atoms with Crippen LogP contribution in [0.5, 0.6) is 5.75 Å². The van der Waals surface area contributed by atoms with Crippen LogP contribution in [0.15, 0.2) is 42.5 Å². The molecule has 1 aromatic heterocycles. The first-order chi connectivity index (χ1) is 15.0. The number of carbonyl (C=O) groups is 1. The van der Waals surface area contributed by atoms with E-state index in [-0.39, 0.29) is 6.03 Å². The number of rotatable bonds is 5. The SMILES string of the molecule is COc1cccc(NC(=O)N(Cc2nc3n(n2)CCCCC3)c2ccc(C)cc2C)c1. The zero-order valence-corrected chi connectivity index (χ0v) is 18.4. The van der Waals surface area contributed by atoms with E-state index >= 15 is 0 Å². The van der Waals surface area contributed by atoms with Crippen molar-refractivity contribution in [1.29, 1.82) is 0 Å². The van der Waals surface area contributed by atoms with Gasteiger partial charge in [-0.25, -0.2) is 14.5 Å². The number of nitrogens with one attached hydrogen (secondary N) is 1. The van der Waals surface area contributed by atoms with Crippen LogP contribution in [0.4, 0.5) is 16.2 Å². The van der Waals surface area contributed by atoms with Crippen LogP contribution in [0.2, 0.25) is 0 Å². The van der Waals surface area contributed by atoms with Gasteiger partial charge in [-0.2, -0.15) is 5.10 Å². The Labute approximate surface area is 183 Å². The van der Waals surface area contributed by atoms with Gasteiger partial charge in [-0.1, -0.05) is 30.2 Å². The minimum atomic E-state index is -0.231. The first-order valence-electron chi connectivity index (χ1n) is 10.8. The number of benzene rings is 2. The summed E-state index contributed by atoms with van der Waals surface area (Å²) >= 11 is 0. The van der Waals surface area contributed by atoms with E-state index in [1.165, 1.54) is 6.42 Å². The van der Waals surface area contributed by atoms with E-state index in [1.54, 1.807) is 18.1 Å². The molecule has 2 heterocycles. The Bertz CT molecular complexity index is 1050. The quantitative estimate of drug-likeness (QED) is 0.640. The first-order valence-corrected chi connectivity index (χ1v) is 10.8. The summed E-state index contributed by atoms with van der Waals surface area (Å²) in [5, 5.41) is 7.70. The molecule has 162 valence electrons. The fraction of sp³-hybridized carbons (Fsp3) is 0.375. The molecule has 0 aliphatic carbocycles. The van der Waals surface area contributed by atoms with Crippen molar-refractivity contribution in [3.05, 3.63) is 65.2 Å². The van der Waals surface area contributed by atoms with Gasteiger partial charge in [0, 0.05) is 30.4 Å². The van der Waals surface area contributed by atoms with Gasteiger partial charge in [0.1, 0.15) is 11.6 Å². The highest BCUT2D eigenvalue weighted by Gasteiger charge is 2.22. The largest absolute Gasteiger partial charge is 0.497 e. The molecule has 3 aromatic rings. The lowest BCUT2D eigenvalue weighted by Crippen LogP contribution is -2.35. The third-order valence-corrected chi connectivity index (χ3v) is 5.57.